The van der Waals surface area contributed by atoms with Crippen LogP contribution in [0.3, 0.4) is 0 Å². The molecule has 0 unspecified atom stereocenters. The summed E-state index contributed by atoms with van der Waals surface area (Å²) >= 11 is 1.22. The van der Waals surface area contributed by atoms with E-state index in [1.165, 1.54) is 18.3 Å². The van der Waals surface area contributed by atoms with E-state index in [-0.39, 0.29) is 72.8 Å². The van der Waals surface area contributed by atoms with Crippen LogP contribution < -0.4 is 10.6 Å². The van der Waals surface area contributed by atoms with E-state index in [4.69, 9.17) is 9.47 Å². The van der Waals surface area contributed by atoms with Gasteiger partial charge in [-0.1, -0.05) is 77.8 Å². The summed E-state index contributed by atoms with van der Waals surface area (Å²) in [5, 5.41) is 8.48. The number of rotatable bonds is 20. The molecule has 1 aromatic heterocycles. The number of nitrogens with zero attached hydrogens (tertiary/aromatic N) is 2. The molecular formula is C40H60N4O7S. The maximum atomic E-state index is 14.2. The molecule has 1 fully saturated rings. The first kappa shape index (κ1) is 42.8. The third kappa shape index (κ3) is 12.8. The van der Waals surface area contributed by atoms with Crippen molar-refractivity contribution in [3.63, 3.8) is 0 Å². The lowest BCUT2D eigenvalue weighted by molar-refractivity contribution is -0.150. The first-order valence-corrected chi connectivity index (χ1v) is 19.8. The minimum atomic E-state index is -0.800. The van der Waals surface area contributed by atoms with Gasteiger partial charge in [0.25, 0.3) is 5.91 Å². The molecule has 0 radical (unpaired) electrons. The summed E-state index contributed by atoms with van der Waals surface area (Å²) in [5.41, 5.74) is 1.19. The average Bonchev–Trinajstić information content (AvgIpc) is 3.62. The van der Waals surface area contributed by atoms with E-state index in [2.05, 4.69) is 15.6 Å². The van der Waals surface area contributed by atoms with E-state index in [1.807, 2.05) is 58.0 Å². The van der Waals surface area contributed by atoms with E-state index in [0.717, 1.165) is 37.8 Å². The highest BCUT2D eigenvalue weighted by Gasteiger charge is 2.37. The van der Waals surface area contributed by atoms with Gasteiger partial charge in [-0.2, -0.15) is 0 Å². The molecule has 2 amide bonds. The number of Topliss-reactive ketones (excluding diaryl/α,β-unsaturated/α-hetero) is 1. The summed E-state index contributed by atoms with van der Waals surface area (Å²) in [6.45, 7) is 14.1. The number of ketones is 1. The van der Waals surface area contributed by atoms with Crippen LogP contribution in [-0.4, -0.2) is 77.7 Å². The zero-order chi connectivity index (χ0) is 38.4. The molecule has 1 aliphatic rings. The number of nitrogens with one attached hydrogen (secondary N) is 2. The molecular weight excluding hydrogens is 681 g/mol. The number of carbonyl (C=O) groups excluding carboxylic acids is 5. The average molecular weight is 741 g/mol. The van der Waals surface area contributed by atoms with Crippen LogP contribution >= 0.6 is 11.3 Å². The normalized spacial score (nSPS) is 18.0. The molecule has 0 spiro atoms. The zero-order valence-electron chi connectivity index (χ0n) is 32.3. The molecule has 288 valence electrons. The van der Waals surface area contributed by atoms with Crippen molar-refractivity contribution in [2.45, 2.75) is 124 Å². The van der Waals surface area contributed by atoms with Gasteiger partial charge in [0.15, 0.2) is 11.9 Å². The highest BCUT2D eigenvalue weighted by atomic mass is 32.1. The summed E-state index contributed by atoms with van der Waals surface area (Å²) in [6.07, 6.45) is 4.15. The molecule has 1 aromatic carbocycles. The number of hydrogen-bond acceptors (Lipinski definition) is 10. The lowest BCUT2D eigenvalue weighted by Gasteiger charge is -2.37. The third-order valence-corrected chi connectivity index (χ3v) is 11.1. The number of benzene rings is 1. The van der Waals surface area contributed by atoms with E-state index in [0.29, 0.717) is 17.8 Å². The van der Waals surface area contributed by atoms with Crippen molar-refractivity contribution in [1.82, 2.24) is 20.5 Å². The van der Waals surface area contributed by atoms with Crippen LogP contribution in [0.4, 0.5) is 0 Å². The molecule has 7 atom stereocenters. The van der Waals surface area contributed by atoms with Gasteiger partial charge in [0.2, 0.25) is 5.91 Å². The Bertz CT molecular complexity index is 1460. The van der Waals surface area contributed by atoms with Gasteiger partial charge in [-0.3, -0.25) is 24.0 Å². The number of carbonyl (C=O) groups is 5. The number of hydrogen-bond donors (Lipinski definition) is 2. The van der Waals surface area contributed by atoms with Gasteiger partial charge < -0.3 is 25.0 Å². The lowest BCUT2D eigenvalue weighted by Crippen LogP contribution is -2.48. The van der Waals surface area contributed by atoms with Crippen molar-refractivity contribution < 1.29 is 33.4 Å². The van der Waals surface area contributed by atoms with Gasteiger partial charge >= 0.3 is 11.9 Å². The van der Waals surface area contributed by atoms with E-state index in [9.17, 15) is 24.0 Å². The van der Waals surface area contributed by atoms with Gasteiger partial charge in [-0.15, -0.1) is 11.3 Å². The van der Waals surface area contributed by atoms with Crippen molar-refractivity contribution in [2.24, 2.45) is 23.7 Å². The molecule has 52 heavy (non-hydrogen) atoms. The zero-order valence-corrected chi connectivity index (χ0v) is 33.1. The second-order valence-corrected chi connectivity index (χ2v) is 15.5. The molecule has 2 N–H and O–H groups in total. The summed E-state index contributed by atoms with van der Waals surface area (Å²) in [4.78, 5) is 72.3. The predicted octanol–water partition coefficient (Wildman–Crippen LogP) is 6.31. The molecule has 2 aromatic rings. The molecule has 2 heterocycles. The van der Waals surface area contributed by atoms with Crippen LogP contribution in [0.5, 0.6) is 0 Å². The molecule has 11 nitrogen and oxygen atoms in total. The van der Waals surface area contributed by atoms with E-state index >= 15 is 0 Å². The van der Waals surface area contributed by atoms with Gasteiger partial charge in [0, 0.05) is 50.2 Å². The van der Waals surface area contributed by atoms with Crippen LogP contribution in [0.2, 0.25) is 0 Å². The second kappa shape index (κ2) is 21.2. The largest absolute Gasteiger partial charge is 0.466 e. The molecule has 0 aliphatic carbocycles. The summed E-state index contributed by atoms with van der Waals surface area (Å²) < 4.78 is 11.0. The first-order valence-electron chi connectivity index (χ1n) is 18.9. The Morgan fingerprint density at radius 3 is 2.35 bits per heavy atom. The maximum absolute atomic E-state index is 14.2. The number of piperidine rings is 1. The fraction of sp³-hybridized carbons (Fsp3) is 0.650. The summed E-state index contributed by atoms with van der Waals surface area (Å²) in [6, 6.07) is 8.82. The van der Waals surface area contributed by atoms with Gasteiger partial charge in [-0.05, 0) is 56.6 Å². The molecule has 12 heteroatoms. The SMILES string of the molecule is CCOC(=O)[C@@H](C)C[C@H](Cc1ccccc1)NC(=O)c1csc([C@@H](C[C@H](C(C)C)N(C)C(=O)[C@@H](CC(=O)[C@H]2CCCCN2)[C@@H](C)CC)OC(C)=O)n1. The Hall–Kier alpha value is -3.64. The van der Waals surface area contributed by atoms with Crippen molar-refractivity contribution >= 4 is 40.9 Å². The van der Waals surface area contributed by atoms with Crippen LogP contribution in [-0.2, 0) is 35.1 Å². The summed E-state index contributed by atoms with van der Waals surface area (Å²) in [7, 11) is 1.77. The lowest BCUT2D eigenvalue weighted by atomic mass is 9.83. The second-order valence-electron chi connectivity index (χ2n) is 14.6. The number of amides is 2. The molecule has 3 rings (SSSR count). The topological polar surface area (TPSA) is 144 Å². The Balaban J connectivity index is 1.80. The Labute approximate surface area is 314 Å². The summed E-state index contributed by atoms with van der Waals surface area (Å²) in [5.74, 6) is -2.13. The van der Waals surface area contributed by atoms with Gasteiger partial charge in [0.05, 0.1) is 18.6 Å². The number of aromatic nitrogens is 1. The van der Waals surface area contributed by atoms with Crippen molar-refractivity contribution in [3.8, 4) is 0 Å². The quantitative estimate of drug-likeness (QED) is 0.149. The van der Waals surface area contributed by atoms with Crippen LogP contribution in [0.15, 0.2) is 35.7 Å². The van der Waals surface area contributed by atoms with E-state index < -0.39 is 29.8 Å². The highest BCUT2D eigenvalue weighted by Crippen LogP contribution is 2.32. The standard InChI is InChI=1S/C40H60N4O7S/c1-9-26(5)31(22-35(46)32-18-14-15-19-41-32)39(48)44(8)34(25(3)4)23-36(51-28(7)45)38-43-33(24-52-38)37(47)42-30(20-27(6)40(49)50-10-2)21-29-16-12-11-13-17-29/h11-13,16-17,24-27,30-32,34,36,41H,9-10,14-15,18-23H2,1-8H3,(H,42,47)/t26-,27-,30+,31-,32+,34+,36+/m0/s1. The maximum Gasteiger partial charge on any atom is 0.308 e. The molecule has 0 bridgehead atoms. The fourth-order valence-corrected chi connectivity index (χ4v) is 7.76. The van der Waals surface area contributed by atoms with E-state index in [1.54, 1.807) is 31.2 Å². The van der Waals surface area contributed by atoms with Crippen LogP contribution in [0, 0.1) is 23.7 Å². The minimum Gasteiger partial charge on any atom is -0.466 e. The van der Waals surface area contributed by atoms with Crippen LogP contribution in [0.1, 0.15) is 121 Å². The van der Waals surface area contributed by atoms with Crippen molar-refractivity contribution in [3.05, 3.63) is 52.0 Å². The Morgan fingerprint density at radius 2 is 1.75 bits per heavy atom. The third-order valence-electron chi connectivity index (χ3n) is 10.2. The van der Waals surface area contributed by atoms with Crippen LogP contribution in [0.25, 0.3) is 0 Å². The van der Waals surface area contributed by atoms with Crippen molar-refractivity contribution in [2.75, 3.05) is 20.2 Å². The minimum absolute atomic E-state index is 0.00518. The Morgan fingerprint density at radius 1 is 1.04 bits per heavy atom. The van der Waals surface area contributed by atoms with Gasteiger partial charge in [0.1, 0.15) is 10.7 Å². The molecule has 1 aliphatic heterocycles. The number of thiazole rings is 1. The number of esters is 2. The first-order chi connectivity index (χ1) is 24.7. The predicted molar refractivity (Wildman–Crippen MR) is 203 cm³/mol. The van der Waals surface area contributed by atoms with Gasteiger partial charge in [-0.25, -0.2) is 4.98 Å². The number of ether oxygens (including phenoxy) is 2. The van der Waals surface area contributed by atoms with Crippen molar-refractivity contribution in [1.29, 1.82) is 0 Å². The molecule has 0 saturated carbocycles. The monoisotopic (exact) mass is 740 g/mol. The Kier molecular flexibility index (Phi) is 17.4. The highest BCUT2D eigenvalue weighted by molar-refractivity contribution is 7.09. The molecule has 1 saturated heterocycles. The fourth-order valence-electron chi connectivity index (χ4n) is 6.92. The smallest absolute Gasteiger partial charge is 0.308 e.